The lowest BCUT2D eigenvalue weighted by atomic mass is 10.0. The second kappa shape index (κ2) is 7.84. The van der Waals surface area contributed by atoms with E-state index in [-0.39, 0.29) is 11.9 Å². The van der Waals surface area contributed by atoms with Crippen molar-refractivity contribution in [3.8, 4) is 11.3 Å². The smallest absolute Gasteiger partial charge is 0.408 e. The summed E-state index contributed by atoms with van der Waals surface area (Å²) in [7, 11) is 0. The molecule has 0 aliphatic rings. The average molecular weight is 381 g/mol. The van der Waals surface area contributed by atoms with Crippen LogP contribution in [0.2, 0.25) is 0 Å². The molecule has 1 aromatic heterocycles. The lowest BCUT2D eigenvalue weighted by molar-refractivity contribution is 0.0518. The lowest BCUT2D eigenvalue weighted by Crippen LogP contribution is -2.36. The van der Waals surface area contributed by atoms with Gasteiger partial charge < -0.3 is 10.1 Å². The van der Waals surface area contributed by atoms with E-state index in [1.54, 1.807) is 12.1 Å². The summed E-state index contributed by atoms with van der Waals surface area (Å²) in [6.45, 7) is 7.34. The van der Waals surface area contributed by atoms with Gasteiger partial charge in [0.25, 0.3) is 0 Å². The van der Waals surface area contributed by atoms with Gasteiger partial charge in [0.05, 0.1) is 11.2 Å². The van der Waals surface area contributed by atoms with Crippen LogP contribution < -0.4 is 5.32 Å². The number of benzene rings is 2. The molecule has 0 unspecified atom stereocenters. The van der Waals surface area contributed by atoms with Gasteiger partial charge in [0.2, 0.25) is 0 Å². The van der Waals surface area contributed by atoms with Gasteiger partial charge >= 0.3 is 6.09 Å². The lowest BCUT2D eigenvalue weighted by Gasteiger charge is -2.21. The highest BCUT2D eigenvalue weighted by Gasteiger charge is 2.17. The van der Waals surface area contributed by atoms with Crippen molar-refractivity contribution in [3.05, 3.63) is 59.9 Å². The minimum atomic E-state index is -0.537. The molecule has 3 aromatic rings. The van der Waals surface area contributed by atoms with E-state index in [2.05, 4.69) is 15.5 Å². The Balaban J connectivity index is 1.79. The first-order valence-electron chi connectivity index (χ1n) is 9.14. The number of hydrogen-bond donors (Lipinski definition) is 2. The summed E-state index contributed by atoms with van der Waals surface area (Å²) in [5, 5.41) is 11.2. The fraction of sp³-hybridized carbons (Fsp3) is 0.273. The molecule has 0 bridgehead atoms. The number of aromatic nitrogens is 2. The normalized spacial score (nSPS) is 13.0. The van der Waals surface area contributed by atoms with Crippen molar-refractivity contribution in [2.75, 3.05) is 0 Å². The molecule has 0 spiro atoms. The fourth-order valence-electron chi connectivity index (χ4n) is 2.82. The zero-order chi connectivity index (χ0) is 20.3. The molecule has 2 aromatic carbocycles. The maximum absolute atomic E-state index is 13.2. The Morgan fingerprint density at radius 2 is 1.93 bits per heavy atom. The molecule has 0 saturated heterocycles. The molecule has 146 valence electrons. The monoisotopic (exact) mass is 381 g/mol. The van der Waals surface area contributed by atoms with Gasteiger partial charge in [-0.25, -0.2) is 9.18 Å². The molecule has 1 atom stereocenters. The highest BCUT2D eigenvalue weighted by Crippen LogP contribution is 2.28. The van der Waals surface area contributed by atoms with Crippen molar-refractivity contribution in [2.45, 2.75) is 39.3 Å². The van der Waals surface area contributed by atoms with Crippen LogP contribution in [-0.2, 0) is 4.74 Å². The molecule has 5 nitrogen and oxygen atoms in total. The third kappa shape index (κ3) is 4.76. The SMILES string of the molecule is C[C@@H](/C=C/c1cccc2c(-c3ccc(F)cc3)[nH]nc12)NC(=O)OC(C)(C)C. The van der Waals surface area contributed by atoms with Crippen LogP contribution in [0, 0.1) is 5.82 Å². The molecule has 1 heterocycles. The summed E-state index contributed by atoms with van der Waals surface area (Å²) in [6.07, 6.45) is 3.34. The molecular weight excluding hydrogens is 357 g/mol. The molecule has 0 fully saturated rings. The quantitative estimate of drug-likeness (QED) is 0.645. The molecule has 1 amide bonds. The Kier molecular flexibility index (Phi) is 5.49. The predicted octanol–water partition coefficient (Wildman–Crippen LogP) is 5.30. The number of nitrogens with zero attached hydrogens (tertiary/aromatic N) is 1. The van der Waals surface area contributed by atoms with E-state index in [9.17, 15) is 9.18 Å². The average Bonchev–Trinajstić information content (AvgIpc) is 3.03. The van der Waals surface area contributed by atoms with Crippen LogP contribution in [-0.4, -0.2) is 27.9 Å². The third-order valence-corrected chi connectivity index (χ3v) is 4.06. The Bertz CT molecular complexity index is 1000. The molecule has 3 rings (SSSR count). The number of rotatable bonds is 4. The van der Waals surface area contributed by atoms with Crippen molar-refractivity contribution in [1.82, 2.24) is 15.5 Å². The Morgan fingerprint density at radius 1 is 1.21 bits per heavy atom. The van der Waals surface area contributed by atoms with E-state index in [0.29, 0.717) is 0 Å². The first-order valence-corrected chi connectivity index (χ1v) is 9.14. The van der Waals surface area contributed by atoms with E-state index in [1.165, 1.54) is 12.1 Å². The van der Waals surface area contributed by atoms with E-state index in [1.807, 2.05) is 58.0 Å². The first-order chi connectivity index (χ1) is 13.2. The number of hydrogen-bond acceptors (Lipinski definition) is 3. The van der Waals surface area contributed by atoms with Crippen LogP contribution in [0.3, 0.4) is 0 Å². The van der Waals surface area contributed by atoms with Gasteiger partial charge in [-0.1, -0.05) is 30.4 Å². The second-order valence-corrected chi connectivity index (χ2v) is 7.64. The third-order valence-electron chi connectivity index (χ3n) is 4.06. The van der Waals surface area contributed by atoms with Crippen molar-refractivity contribution in [1.29, 1.82) is 0 Å². The molecule has 0 saturated carbocycles. The van der Waals surface area contributed by atoms with Crippen LogP contribution in [0.5, 0.6) is 0 Å². The largest absolute Gasteiger partial charge is 0.444 e. The minimum Gasteiger partial charge on any atom is -0.444 e. The summed E-state index contributed by atoms with van der Waals surface area (Å²) >= 11 is 0. The number of carbonyl (C=O) groups is 1. The number of para-hydroxylation sites is 1. The van der Waals surface area contributed by atoms with Gasteiger partial charge in [-0.15, -0.1) is 0 Å². The van der Waals surface area contributed by atoms with E-state index >= 15 is 0 Å². The molecule has 28 heavy (non-hydrogen) atoms. The van der Waals surface area contributed by atoms with Crippen LogP contribution in [0.1, 0.15) is 33.3 Å². The number of alkyl carbamates (subject to hydrolysis) is 1. The topological polar surface area (TPSA) is 67.0 Å². The van der Waals surface area contributed by atoms with Crippen molar-refractivity contribution in [2.24, 2.45) is 0 Å². The zero-order valence-electron chi connectivity index (χ0n) is 16.4. The van der Waals surface area contributed by atoms with Crippen molar-refractivity contribution in [3.63, 3.8) is 0 Å². The summed E-state index contributed by atoms with van der Waals surface area (Å²) in [6, 6.07) is 11.9. The maximum atomic E-state index is 13.2. The molecule has 6 heteroatoms. The van der Waals surface area contributed by atoms with Gasteiger partial charge in [0.15, 0.2) is 0 Å². The number of fused-ring (bicyclic) bond motifs is 1. The molecular formula is C22H24FN3O2. The number of nitrogens with one attached hydrogen (secondary N) is 2. The summed E-state index contributed by atoms with van der Waals surface area (Å²) in [5.41, 5.74) is 2.89. The van der Waals surface area contributed by atoms with Crippen LogP contribution in [0.4, 0.5) is 9.18 Å². The molecule has 0 aliphatic carbocycles. The summed E-state index contributed by atoms with van der Waals surface area (Å²) < 4.78 is 18.5. The Morgan fingerprint density at radius 3 is 2.61 bits per heavy atom. The summed E-state index contributed by atoms with van der Waals surface area (Å²) in [4.78, 5) is 11.9. The Hall–Kier alpha value is -3.15. The number of carbonyl (C=O) groups excluding carboxylic acids is 1. The van der Waals surface area contributed by atoms with Gasteiger partial charge in [0.1, 0.15) is 11.4 Å². The second-order valence-electron chi connectivity index (χ2n) is 7.64. The van der Waals surface area contributed by atoms with E-state index in [4.69, 9.17) is 4.74 Å². The van der Waals surface area contributed by atoms with E-state index in [0.717, 1.165) is 27.7 Å². The van der Waals surface area contributed by atoms with Gasteiger partial charge in [0, 0.05) is 22.6 Å². The first kappa shape index (κ1) is 19.6. The number of amides is 1. The predicted molar refractivity (Wildman–Crippen MR) is 109 cm³/mol. The van der Waals surface area contributed by atoms with Gasteiger partial charge in [-0.05, 0) is 52.0 Å². The van der Waals surface area contributed by atoms with Gasteiger partial charge in [-0.3, -0.25) is 5.10 Å². The maximum Gasteiger partial charge on any atom is 0.408 e. The highest BCUT2D eigenvalue weighted by atomic mass is 19.1. The van der Waals surface area contributed by atoms with Gasteiger partial charge in [-0.2, -0.15) is 5.10 Å². The number of ether oxygens (including phenoxy) is 1. The summed E-state index contributed by atoms with van der Waals surface area (Å²) in [5.74, 6) is -0.275. The zero-order valence-corrected chi connectivity index (χ0v) is 16.4. The van der Waals surface area contributed by atoms with E-state index < -0.39 is 11.7 Å². The standard InChI is InChI=1S/C22H24FN3O2/c1-14(24-21(27)28-22(2,3)4)8-9-15-6-5-7-18-19(15)25-26-20(18)16-10-12-17(23)13-11-16/h5-14H,1-4H3,(H,24,27)(H,25,26)/b9-8+/t14-/m0/s1. The number of H-pyrrole nitrogens is 1. The Labute approximate surface area is 163 Å². The number of halogens is 1. The molecule has 0 radical (unpaired) electrons. The van der Waals surface area contributed by atoms with Crippen LogP contribution >= 0.6 is 0 Å². The number of aromatic amines is 1. The minimum absolute atomic E-state index is 0.208. The molecule has 0 aliphatic heterocycles. The van der Waals surface area contributed by atoms with Crippen molar-refractivity contribution >= 4 is 23.1 Å². The van der Waals surface area contributed by atoms with Crippen molar-refractivity contribution < 1.29 is 13.9 Å². The van der Waals surface area contributed by atoms with Crippen LogP contribution in [0.15, 0.2) is 48.5 Å². The molecule has 2 N–H and O–H groups in total. The highest BCUT2D eigenvalue weighted by molar-refractivity contribution is 5.97. The van der Waals surface area contributed by atoms with Crippen LogP contribution in [0.25, 0.3) is 28.2 Å². The fourth-order valence-corrected chi connectivity index (χ4v) is 2.82.